The molecule has 1 N–H and O–H groups in total. The number of anilines is 1. The highest BCUT2D eigenvalue weighted by molar-refractivity contribution is 5.35. The molecule has 102 valence electrons. The third-order valence-electron chi connectivity index (χ3n) is 2.80. The Morgan fingerprint density at radius 3 is 2.84 bits per heavy atom. The van der Waals surface area contributed by atoms with Crippen LogP contribution in [0.2, 0.25) is 0 Å². The zero-order valence-electron chi connectivity index (χ0n) is 11.6. The van der Waals surface area contributed by atoms with Crippen LogP contribution in [0.4, 0.5) is 5.82 Å². The predicted molar refractivity (Wildman–Crippen MR) is 76.9 cm³/mol. The Labute approximate surface area is 114 Å². The Kier molecular flexibility index (Phi) is 4.98. The van der Waals surface area contributed by atoms with E-state index in [0.717, 1.165) is 43.3 Å². The van der Waals surface area contributed by atoms with E-state index in [1.54, 1.807) is 6.26 Å². The number of nitrogens with zero attached hydrogens (tertiary/aromatic N) is 2. The summed E-state index contributed by atoms with van der Waals surface area (Å²) in [5.74, 6) is 1.92. The lowest BCUT2D eigenvalue weighted by atomic mass is 10.3. The van der Waals surface area contributed by atoms with Gasteiger partial charge in [0.1, 0.15) is 11.6 Å². The molecule has 0 aliphatic carbocycles. The number of furan rings is 1. The summed E-state index contributed by atoms with van der Waals surface area (Å²) in [6.45, 7) is 4.70. The van der Waals surface area contributed by atoms with Crippen molar-refractivity contribution in [1.29, 1.82) is 0 Å². The van der Waals surface area contributed by atoms with Crippen LogP contribution in [0.3, 0.4) is 0 Å². The second-order valence-corrected chi connectivity index (χ2v) is 4.69. The van der Waals surface area contributed by atoms with Gasteiger partial charge in [0.2, 0.25) is 0 Å². The largest absolute Gasteiger partial charge is 0.468 e. The van der Waals surface area contributed by atoms with Gasteiger partial charge < -0.3 is 9.73 Å². The summed E-state index contributed by atoms with van der Waals surface area (Å²) in [4.78, 5) is 6.78. The van der Waals surface area contributed by atoms with Gasteiger partial charge in [-0.2, -0.15) is 0 Å². The zero-order chi connectivity index (χ0) is 13.5. The Bertz CT molecular complexity index is 482. The molecular weight excluding hydrogens is 238 g/mol. The molecule has 0 aliphatic rings. The van der Waals surface area contributed by atoms with Crippen molar-refractivity contribution < 1.29 is 4.42 Å². The van der Waals surface area contributed by atoms with Crippen LogP contribution in [0.25, 0.3) is 0 Å². The van der Waals surface area contributed by atoms with Gasteiger partial charge >= 0.3 is 0 Å². The van der Waals surface area contributed by atoms with Crippen molar-refractivity contribution in [3.05, 3.63) is 48.0 Å². The molecule has 0 saturated carbocycles. The van der Waals surface area contributed by atoms with E-state index in [-0.39, 0.29) is 0 Å². The van der Waals surface area contributed by atoms with E-state index < -0.39 is 0 Å². The van der Waals surface area contributed by atoms with Gasteiger partial charge in [0.05, 0.1) is 18.5 Å². The van der Waals surface area contributed by atoms with Gasteiger partial charge in [0, 0.05) is 13.1 Å². The zero-order valence-corrected chi connectivity index (χ0v) is 11.6. The smallest absolute Gasteiger partial charge is 0.126 e. The van der Waals surface area contributed by atoms with Crippen molar-refractivity contribution in [3.8, 4) is 0 Å². The molecule has 0 saturated heterocycles. The summed E-state index contributed by atoms with van der Waals surface area (Å²) in [7, 11) is 2.07. The van der Waals surface area contributed by atoms with Crippen LogP contribution in [0.5, 0.6) is 0 Å². The highest BCUT2D eigenvalue weighted by atomic mass is 16.3. The van der Waals surface area contributed by atoms with Crippen LogP contribution in [-0.4, -0.2) is 23.5 Å². The van der Waals surface area contributed by atoms with Crippen LogP contribution >= 0.6 is 0 Å². The maximum absolute atomic E-state index is 5.34. The van der Waals surface area contributed by atoms with Crippen molar-refractivity contribution in [3.63, 3.8) is 0 Å². The number of hydrogen-bond donors (Lipinski definition) is 1. The highest BCUT2D eigenvalue weighted by Crippen LogP contribution is 2.09. The van der Waals surface area contributed by atoms with Gasteiger partial charge in [-0.15, -0.1) is 0 Å². The Morgan fingerprint density at radius 2 is 2.11 bits per heavy atom. The maximum atomic E-state index is 5.34. The average molecular weight is 259 g/mol. The van der Waals surface area contributed by atoms with E-state index in [1.165, 1.54) is 0 Å². The minimum Gasteiger partial charge on any atom is -0.468 e. The standard InChI is InChI=1S/C15H21N3O/c1-3-9-16-15-8-4-6-13(17-15)11-18(2)12-14-7-5-10-19-14/h4-8,10H,3,9,11-12H2,1-2H3,(H,16,17). The van der Waals surface area contributed by atoms with Crippen LogP contribution in [-0.2, 0) is 13.1 Å². The molecule has 0 aromatic carbocycles. The lowest BCUT2D eigenvalue weighted by Crippen LogP contribution is -2.18. The van der Waals surface area contributed by atoms with Gasteiger partial charge in [-0.1, -0.05) is 13.0 Å². The monoisotopic (exact) mass is 259 g/mol. The molecule has 4 heteroatoms. The van der Waals surface area contributed by atoms with Crippen molar-refractivity contribution >= 4 is 5.82 Å². The van der Waals surface area contributed by atoms with Crippen LogP contribution < -0.4 is 5.32 Å². The molecule has 4 nitrogen and oxygen atoms in total. The van der Waals surface area contributed by atoms with E-state index in [2.05, 4.69) is 35.2 Å². The molecular formula is C15H21N3O. The fraction of sp³-hybridized carbons (Fsp3) is 0.400. The topological polar surface area (TPSA) is 41.3 Å². The minimum absolute atomic E-state index is 0.793. The molecule has 2 rings (SSSR count). The molecule has 0 unspecified atom stereocenters. The normalized spacial score (nSPS) is 10.9. The predicted octanol–water partition coefficient (Wildman–Crippen LogP) is 3.13. The number of pyridine rings is 1. The molecule has 0 atom stereocenters. The summed E-state index contributed by atoms with van der Waals surface area (Å²) < 4.78 is 5.34. The Balaban J connectivity index is 1.90. The van der Waals surface area contributed by atoms with Crippen molar-refractivity contribution in [2.45, 2.75) is 26.4 Å². The molecule has 0 bridgehead atoms. The lowest BCUT2D eigenvalue weighted by Gasteiger charge is -2.15. The Morgan fingerprint density at radius 1 is 1.21 bits per heavy atom. The number of rotatable bonds is 7. The molecule has 0 radical (unpaired) electrons. The molecule has 2 aromatic rings. The number of aromatic nitrogens is 1. The first-order chi connectivity index (χ1) is 9.28. The summed E-state index contributed by atoms with van der Waals surface area (Å²) in [5, 5.41) is 3.31. The highest BCUT2D eigenvalue weighted by Gasteiger charge is 2.05. The van der Waals surface area contributed by atoms with Crippen molar-refractivity contribution in [1.82, 2.24) is 9.88 Å². The first-order valence-electron chi connectivity index (χ1n) is 6.68. The second-order valence-electron chi connectivity index (χ2n) is 4.69. The van der Waals surface area contributed by atoms with E-state index in [0.29, 0.717) is 0 Å². The van der Waals surface area contributed by atoms with Gasteiger partial charge in [0.25, 0.3) is 0 Å². The third kappa shape index (κ3) is 4.41. The van der Waals surface area contributed by atoms with E-state index in [9.17, 15) is 0 Å². The van der Waals surface area contributed by atoms with E-state index in [1.807, 2.05) is 24.3 Å². The first kappa shape index (κ1) is 13.6. The van der Waals surface area contributed by atoms with E-state index >= 15 is 0 Å². The molecule has 0 spiro atoms. The summed E-state index contributed by atoms with van der Waals surface area (Å²) in [6.07, 6.45) is 2.81. The number of nitrogens with one attached hydrogen (secondary N) is 1. The van der Waals surface area contributed by atoms with Gasteiger partial charge in [0.15, 0.2) is 0 Å². The van der Waals surface area contributed by atoms with Crippen molar-refractivity contribution in [2.24, 2.45) is 0 Å². The fourth-order valence-electron chi connectivity index (χ4n) is 1.92. The van der Waals surface area contributed by atoms with Gasteiger partial charge in [-0.05, 0) is 37.7 Å². The molecule has 0 fully saturated rings. The average Bonchev–Trinajstić information content (AvgIpc) is 2.89. The first-order valence-corrected chi connectivity index (χ1v) is 6.68. The van der Waals surface area contributed by atoms with Gasteiger partial charge in [-0.25, -0.2) is 4.98 Å². The molecule has 2 aromatic heterocycles. The molecule has 0 aliphatic heterocycles. The molecule has 19 heavy (non-hydrogen) atoms. The SMILES string of the molecule is CCCNc1cccc(CN(C)Cc2ccco2)n1. The van der Waals surface area contributed by atoms with Crippen LogP contribution in [0.15, 0.2) is 41.0 Å². The van der Waals surface area contributed by atoms with Crippen LogP contribution in [0, 0.1) is 0 Å². The van der Waals surface area contributed by atoms with Crippen molar-refractivity contribution in [2.75, 3.05) is 18.9 Å². The minimum atomic E-state index is 0.793. The van der Waals surface area contributed by atoms with Crippen LogP contribution in [0.1, 0.15) is 24.8 Å². The summed E-state index contributed by atoms with van der Waals surface area (Å²) >= 11 is 0. The second kappa shape index (κ2) is 6.95. The van der Waals surface area contributed by atoms with Gasteiger partial charge in [-0.3, -0.25) is 4.90 Å². The fourth-order valence-corrected chi connectivity index (χ4v) is 1.92. The third-order valence-corrected chi connectivity index (χ3v) is 2.80. The number of hydrogen-bond acceptors (Lipinski definition) is 4. The lowest BCUT2D eigenvalue weighted by molar-refractivity contribution is 0.285. The van der Waals surface area contributed by atoms with E-state index in [4.69, 9.17) is 4.42 Å². The quantitative estimate of drug-likeness (QED) is 0.829. The summed E-state index contributed by atoms with van der Waals surface area (Å²) in [6, 6.07) is 10.0. The molecule has 0 amide bonds. The Hall–Kier alpha value is -1.81. The summed E-state index contributed by atoms with van der Waals surface area (Å²) in [5.41, 5.74) is 1.06. The maximum Gasteiger partial charge on any atom is 0.126 e. The molecule has 2 heterocycles.